The average Bonchev–Trinajstić information content (AvgIpc) is 2.80. The quantitative estimate of drug-likeness (QED) is 0.725. The predicted octanol–water partition coefficient (Wildman–Crippen LogP) is 0.427. The van der Waals surface area contributed by atoms with Gasteiger partial charge in [0.25, 0.3) is 5.56 Å². The zero-order chi connectivity index (χ0) is 12.5. The average molecular weight is 244 g/mol. The summed E-state index contributed by atoms with van der Waals surface area (Å²) in [5.74, 6) is 0.507. The first-order chi connectivity index (χ1) is 8.81. The van der Waals surface area contributed by atoms with Crippen LogP contribution in [0.4, 0.5) is 0 Å². The Kier molecular flexibility index (Phi) is 2.56. The lowest BCUT2D eigenvalue weighted by molar-refractivity contribution is 0.280. The van der Waals surface area contributed by atoms with E-state index in [1.807, 2.05) is 6.07 Å². The number of para-hydroxylation sites is 1. The second-order valence-electron chi connectivity index (χ2n) is 4.05. The molecule has 6 nitrogen and oxygen atoms in total. The van der Waals surface area contributed by atoms with E-state index in [1.54, 1.807) is 29.1 Å². The van der Waals surface area contributed by atoms with E-state index in [4.69, 9.17) is 5.11 Å². The van der Waals surface area contributed by atoms with E-state index in [2.05, 4.69) is 10.1 Å². The number of benzene rings is 1. The molecule has 0 fully saturated rings. The molecule has 1 aromatic carbocycles. The van der Waals surface area contributed by atoms with Crippen molar-refractivity contribution in [3.8, 4) is 0 Å². The van der Waals surface area contributed by atoms with Gasteiger partial charge in [-0.2, -0.15) is 9.61 Å². The molecule has 0 aliphatic rings. The molecule has 0 spiro atoms. The normalized spacial score (nSPS) is 11.4. The van der Waals surface area contributed by atoms with Crippen molar-refractivity contribution in [2.24, 2.45) is 0 Å². The van der Waals surface area contributed by atoms with Crippen LogP contribution in [0.15, 0.2) is 35.4 Å². The molecule has 6 heteroatoms. The first-order valence-electron chi connectivity index (χ1n) is 5.75. The molecule has 3 aromatic rings. The third-order valence-corrected chi connectivity index (χ3v) is 2.86. The van der Waals surface area contributed by atoms with Crippen LogP contribution in [0.5, 0.6) is 0 Å². The minimum absolute atomic E-state index is 0.0994. The third-order valence-electron chi connectivity index (χ3n) is 2.86. The largest absolute Gasteiger partial charge is 0.396 e. The molecule has 0 amide bonds. The monoisotopic (exact) mass is 244 g/mol. The van der Waals surface area contributed by atoms with Crippen molar-refractivity contribution in [3.63, 3.8) is 0 Å². The molecule has 0 saturated heterocycles. The summed E-state index contributed by atoms with van der Waals surface area (Å²) in [4.78, 5) is 16.6. The number of aliphatic hydroxyl groups is 1. The third kappa shape index (κ3) is 1.58. The lowest BCUT2D eigenvalue weighted by Gasteiger charge is -2.02. The highest BCUT2D eigenvalue weighted by Crippen LogP contribution is 2.08. The van der Waals surface area contributed by atoms with Gasteiger partial charge in [-0.3, -0.25) is 9.36 Å². The molecular weight excluding hydrogens is 232 g/mol. The zero-order valence-corrected chi connectivity index (χ0v) is 9.65. The molecule has 0 aliphatic heterocycles. The van der Waals surface area contributed by atoms with Crippen molar-refractivity contribution in [3.05, 3.63) is 40.9 Å². The van der Waals surface area contributed by atoms with Crippen molar-refractivity contribution in [2.45, 2.75) is 13.0 Å². The summed E-state index contributed by atoms with van der Waals surface area (Å²) in [5, 5.41) is 13.4. The van der Waals surface area contributed by atoms with Gasteiger partial charge in [0.05, 0.1) is 10.9 Å². The van der Waals surface area contributed by atoms with Crippen LogP contribution in [-0.4, -0.2) is 30.9 Å². The zero-order valence-electron chi connectivity index (χ0n) is 9.65. The van der Waals surface area contributed by atoms with Gasteiger partial charge in [0.15, 0.2) is 0 Å². The maximum Gasteiger partial charge on any atom is 0.283 e. The smallest absolute Gasteiger partial charge is 0.283 e. The highest BCUT2D eigenvalue weighted by atomic mass is 16.3. The minimum atomic E-state index is -0.168. The number of aryl methyl sites for hydroxylation is 1. The molecule has 2 aromatic heterocycles. The van der Waals surface area contributed by atoms with Crippen molar-refractivity contribution in [2.75, 3.05) is 6.61 Å². The van der Waals surface area contributed by atoms with Crippen LogP contribution in [-0.2, 0) is 6.54 Å². The van der Waals surface area contributed by atoms with Gasteiger partial charge in [-0.1, -0.05) is 12.1 Å². The summed E-state index contributed by atoms with van der Waals surface area (Å²) in [5.41, 5.74) is 0.492. The van der Waals surface area contributed by atoms with Crippen LogP contribution in [0.3, 0.4) is 0 Å². The van der Waals surface area contributed by atoms with E-state index in [-0.39, 0.29) is 12.2 Å². The van der Waals surface area contributed by atoms with Gasteiger partial charge in [-0.15, -0.1) is 0 Å². The highest BCUT2D eigenvalue weighted by molar-refractivity contribution is 5.78. The Labute approximate surface area is 102 Å². The molecule has 0 aliphatic carbocycles. The van der Waals surface area contributed by atoms with E-state index in [9.17, 15) is 4.79 Å². The van der Waals surface area contributed by atoms with Gasteiger partial charge in [0.2, 0.25) is 5.78 Å². The van der Waals surface area contributed by atoms with E-state index < -0.39 is 0 Å². The van der Waals surface area contributed by atoms with Crippen LogP contribution in [0.2, 0.25) is 0 Å². The summed E-state index contributed by atoms with van der Waals surface area (Å²) in [6.07, 6.45) is 2.17. The predicted molar refractivity (Wildman–Crippen MR) is 66.5 cm³/mol. The van der Waals surface area contributed by atoms with E-state index in [1.165, 1.54) is 4.52 Å². The summed E-state index contributed by atoms with van der Waals surface area (Å²) in [7, 11) is 0. The van der Waals surface area contributed by atoms with Crippen LogP contribution in [0.25, 0.3) is 16.7 Å². The Hall–Kier alpha value is -2.21. The molecule has 0 saturated carbocycles. The Bertz CT molecular complexity index is 759. The van der Waals surface area contributed by atoms with Gasteiger partial charge in [-0.25, -0.2) is 4.98 Å². The molecule has 0 atom stereocenters. The summed E-state index contributed by atoms with van der Waals surface area (Å²) in [6.45, 7) is 0.687. The molecule has 18 heavy (non-hydrogen) atoms. The maximum atomic E-state index is 12.2. The molecule has 0 radical (unpaired) electrons. The standard InChI is InChI=1S/C12H12N4O2/c17-7-3-6-15-8-13-16-11(18)9-4-1-2-5-10(9)14-12(15)16/h1-2,4-5,8,17H,3,6-7H2. The van der Waals surface area contributed by atoms with Crippen molar-refractivity contribution in [1.29, 1.82) is 0 Å². The molecule has 3 rings (SSSR count). The summed E-state index contributed by atoms with van der Waals surface area (Å²) >= 11 is 0. The van der Waals surface area contributed by atoms with Gasteiger partial charge < -0.3 is 5.11 Å². The first-order valence-corrected chi connectivity index (χ1v) is 5.75. The molecule has 2 heterocycles. The van der Waals surface area contributed by atoms with E-state index >= 15 is 0 Å². The highest BCUT2D eigenvalue weighted by Gasteiger charge is 2.09. The van der Waals surface area contributed by atoms with Gasteiger partial charge in [-0.05, 0) is 18.6 Å². The topological polar surface area (TPSA) is 72.4 Å². The van der Waals surface area contributed by atoms with Crippen molar-refractivity contribution >= 4 is 16.7 Å². The van der Waals surface area contributed by atoms with Crippen LogP contribution in [0, 0.1) is 0 Å². The van der Waals surface area contributed by atoms with E-state index in [0.717, 1.165) is 0 Å². The maximum absolute atomic E-state index is 12.2. The Morgan fingerprint density at radius 1 is 1.28 bits per heavy atom. The fraction of sp³-hybridized carbons (Fsp3) is 0.250. The number of hydrogen-bond donors (Lipinski definition) is 1. The lowest BCUT2D eigenvalue weighted by Crippen LogP contribution is -2.16. The molecular formula is C12H12N4O2. The van der Waals surface area contributed by atoms with Crippen molar-refractivity contribution in [1.82, 2.24) is 19.2 Å². The van der Waals surface area contributed by atoms with Gasteiger partial charge in [0, 0.05) is 13.2 Å². The number of aliphatic hydroxyl groups excluding tert-OH is 1. The molecule has 0 bridgehead atoms. The molecule has 0 unspecified atom stereocenters. The Morgan fingerprint density at radius 3 is 2.94 bits per heavy atom. The van der Waals surface area contributed by atoms with Crippen molar-refractivity contribution < 1.29 is 5.11 Å². The Balaban J connectivity index is 2.29. The second kappa shape index (κ2) is 4.23. The van der Waals surface area contributed by atoms with E-state index in [0.29, 0.717) is 29.6 Å². The molecule has 1 N–H and O–H groups in total. The SMILES string of the molecule is O=c1c2ccccc2nc2n(CCCO)cnn12. The van der Waals surface area contributed by atoms with Crippen LogP contribution < -0.4 is 5.56 Å². The number of nitrogens with zero attached hydrogens (tertiary/aromatic N) is 4. The summed E-state index contributed by atoms with van der Waals surface area (Å²) in [6, 6.07) is 7.20. The fourth-order valence-electron chi connectivity index (χ4n) is 1.97. The number of hydrogen-bond acceptors (Lipinski definition) is 4. The minimum Gasteiger partial charge on any atom is -0.396 e. The van der Waals surface area contributed by atoms with Crippen LogP contribution >= 0.6 is 0 Å². The van der Waals surface area contributed by atoms with Crippen LogP contribution in [0.1, 0.15) is 6.42 Å². The lowest BCUT2D eigenvalue weighted by atomic mass is 10.2. The van der Waals surface area contributed by atoms with Gasteiger partial charge >= 0.3 is 0 Å². The van der Waals surface area contributed by atoms with Gasteiger partial charge in [0.1, 0.15) is 6.33 Å². The summed E-state index contributed by atoms with van der Waals surface area (Å²) < 4.78 is 3.06. The molecule has 92 valence electrons. The second-order valence-corrected chi connectivity index (χ2v) is 4.05. The number of aromatic nitrogens is 4. The first kappa shape index (κ1) is 10.9. The Morgan fingerprint density at radius 2 is 2.11 bits per heavy atom. The number of fused-ring (bicyclic) bond motifs is 2. The number of rotatable bonds is 3. The fourth-order valence-corrected chi connectivity index (χ4v) is 1.97.